The Kier molecular flexibility index (Phi) is 5.48. The topological polar surface area (TPSA) is 72.5 Å². The molecule has 2 aromatic carbocycles. The molecule has 4 aromatic rings. The Morgan fingerprint density at radius 3 is 2.84 bits per heavy atom. The Morgan fingerprint density at radius 1 is 1.18 bits per heavy atom. The highest BCUT2D eigenvalue weighted by Gasteiger charge is 2.42. The van der Waals surface area contributed by atoms with Crippen molar-refractivity contribution in [2.45, 2.75) is 32.0 Å². The molecule has 0 spiro atoms. The molecule has 3 aliphatic rings. The summed E-state index contributed by atoms with van der Waals surface area (Å²) in [7, 11) is 4.07. The van der Waals surface area contributed by atoms with Gasteiger partial charge in [0.05, 0.1) is 35.0 Å². The fourth-order valence-electron chi connectivity index (χ4n) is 6.46. The van der Waals surface area contributed by atoms with Gasteiger partial charge in [0.15, 0.2) is 5.82 Å². The van der Waals surface area contributed by atoms with E-state index < -0.39 is 5.82 Å². The number of aryl methyl sites for hydroxylation is 1. The normalized spacial score (nSPS) is 22.7. The fraction of sp³-hybridized carbons (Fsp3) is 0.429. The van der Waals surface area contributed by atoms with Gasteiger partial charge in [-0.2, -0.15) is 5.10 Å². The Balaban J connectivity index is 1.51. The van der Waals surface area contributed by atoms with Crippen LogP contribution in [0.5, 0.6) is 5.88 Å². The molecule has 3 atom stereocenters. The minimum Gasteiger partial charge on any atom is -0.470 e. The van der Waals surface area contributed by atoms with E-state index in [-0.39, 0.29) is 17.7 Å². The molecule has 2 aromatic heterocycles. The first kappa shape index (κ1) is 23.9. The lowest BCUT2D eigenvalue weighted by atomic mass is 9.94. The highest BCUT2D eigenvalue weighted by molar-refractivity contribution is 6.35. The summed E-state index contributed by atoms with van der Waals surface area (Å²) in [5, 5.41) is 12.8. The number of likely N-dealkylation sites (N-methyl/N-ethyl adjacent to an activating group) is 1. The predicted molar refractivity (Wildman–Crippen MR) is 150 cm³/mol. The molecule has 198 valence electrons. The van der Waals surface area contributed by atoms with Crippen LogP contribution in [-0.4, -0.2) is 85.1 Å². The second-order valence-electron chi connectivity index (χ2n) is 11.2. The summed E-state index contributed by atoms with van der Waals surface area (Å²) in [5.74, 6) is 0.0609. The predicted octanol–water partition coefficient (Wildman–Crippen LogP) is 4.19. The first-order chi connectivity index (χ1) is 18.3. The van der Waals surface area contributed by atoms with Crippen molar-refractivity contribution in [1.82, 2.24) is 25.4 Å². The SMILES string of the molecule is Cc1ccc2cn[nH]c2c1-c1c(Cl)cc2c3c4c(nc2c1F)O[C@H](CN(C)C)CN4C[C@H]1CN[C@H](C)CN31. The zero-order valence-corrected chi connectivity index (χ0v) is 22.7. The van der Waals surface area contributed by atoms with Crippen LogP contribution in [0, 0.1) is 12.7 Å². The highest BCUT2D eigenvalue weighted by atomic mass is 35.5. The molecular formula is C28H31ClFN7O. The van der Waals surface area contributed by atoms with E-state index in [1.165, 1.54) is 0 Å². The van der Waals surface area contributed by atoms with Crippen molar-refractivity contribution in [2.24, 2.45) is 0 Å². The average molecular weight is 536 g/mol. The van der Waals surface area contributed by atoms with E-state index in [0.717, 1.165) is 66.0 Å². The number of halogens is 2. The number of benzene rings is 2. The number of pyridine rings is 1. The van der Waals surface area contributed by atoms with Crippen LogP contribution >= 0.6 is 11.6 Å². The molecule has 0 bridgehead atoms. The number of ether oxygens (including phenoxy) is 1. The fourth-order valence-corrected chi connectivity index (χ4v) is 6.74. The number of rotatable bonds is 3. The number of fused-ring (bicyclic) bond motifs is 5. The molecule has 0 amide bonds. The quantitative estimate of drug-likeness (QED) is 0.407. The standard InChI is InChI=1S/C28H31ClFN7O/c1-14-5-6-16-8-32-34-24(16)21(14)22-20(29)7-19-25(23(22)30)33-28-27-26(19)37-10-15(2)31-9-17(37)11-36(27)13-18(38-28)12-35(3)4/h5-8,15,17-18,31H,9-13H2,1-4H3,(H,32,34)/t15-,17-,18-/m1/s1. The smallest absolute Gasteiger partial charge is 0.240 e. The van der Waals surface area contributed by atoms with Crippen molar-refractivity contribution in [3.63, 3.8) is 0 Å². The van der Waals surface area contributed by atoms with Crippen molar-refractivity contribution >= 4 is 44.8 Å². The van der Waals surface area contributed by atoms with Crippen molar-refractivity contribution in [2.75, 3.05) is 56.6 Å². The molecule has 7 rings (SSSR count). The molecule has 1 saturated heterocycles. The third kappa shape index (κ3) is 3.56. The van der Waals surface area contributed by atoms with Gasteiger partial charge < -0.3 is 24.8 Å². The summed E-state index contributed by atoms with van der Waals surface area (Å²) >= 11 is 6.95. The van der Waals surface area contributed by atoms with Gasteiger partial charge in [0.1, 0.15) is 17.3 Å². The van der Waals surface area contributed by atoms with E-state index in [1.807, 2.05) is 39.2 Å². The van der Waals surface area contributed by atoms with Gasteiger partial charge in [0, 0.05) is 54.1 Å². The minimum absolute atomic E-state index is 0.0619. The van der Waals surface area contributed by atoms with Gasteiger partial charge in [0.2, 0.25) is 5.88 Å². The Labute approximate surface area is 225 Å². The molecule has 0 radical (unpaired) electrons. The zero-order valence-electron chi connectivity index (χ0n) is 22.0. The lowest BCUT2D eigenvalue weighted by molar-refractivity contribution is 0.146. The summed E-state index contributed by atoms with van der Waals surface area (Å²) in [6.07, 6.45) is 1.68. The van der Waals surface area contributed by atoms with E-state index in [2.05, 4.69) is 37.1 Å². The van der Waals surface area contributed by atoms with Crippen LogP contribution in [0.4, 0.5) is 15.8 Å². The lowest BCUT2D eigenvalue weighted by Gasteiger charge is -2.51. The molecule has 2 N–H and O–H groups in total. The van der Waals surface area contributed by atoms with Crippen LogP contribution in [0.1, 0.15) is 12.5 Å². The number of nitrogens with zero attached hydrogens (tertiary/aromatic N) is 5. The monoisotopic (exact) mass is 535 g/mol. The zero-order chi connectivity index (χ0) is 26.3. The highest BCUT2D eigenvalue weighted by Crippen LogP contribution is 2.51. The van der Waals surface area contributed by atoms with Gasteiger partial charge in [-0.05, 0) is 39.6 Å². The molecule has 8 nitrogen and oxygen atoms in total. The summed E-state index contributed by atoms with van der Waals surface area (Å²) in [5.41, 5.74) is 4.92. The van der Waals surface area contributed by atoms with E-state index in [4.69, 9.17) is 21.3 Å². The van der Waals surface area contributed by atoms with Crippen LogP contribution in [0.25, 0.3) is 32.9 Å². The van der Waals surface area contributed by atoms with Crippen LogP contribution in [0.2, 0.25) is 5.02 Å². The average Bonchev–Trinajstić information content (AvgIpc) is 3.34. The van der Waals surface area contributed by atoms with Crippen molar-refractivity contribution in [1.29, 1.82) is 0 Å². The third-order valence-corrected chi connectivity index (χ3v) is 8.38. The first-order valence-corrected chi connectivity index (χ1v) is 13.5. The van der Waals surface area contributed by atoms with E-state index in [0.29, 0.717) is 28.1 Å². The van der Waals surface area contributed by atoms with Crippen molar-refractivity contribution < 1.29 is 9.13 Å². The van der Waals surface area contributed by atoms with Gasteiger partial charge in [-0.3, -0.25) is 5.10 Å². The van der Waals surface area contributed by atoms with Crippen LogP contribution in [-0.2, 0) is 0 Å². The molecular weight excluding hydrogens is 505 g/mol. The maximum Gasteiger partial charge on any atom is 0.240 e. The van der Waals surface area contributed by atoms with Crippen molar-refractivity contribution in [3.8, 4) is 17.0 Å². The molecule has 5 heterocycles. The number of anilines is 2. The molecule has 1 fully saturated rings. The summed E-state index contributed by atoms with van der Waals surface area (Å²) in [6.45, 7) is 8.21. The Hall–Kier alpha value is -3.14. The molecule has 3 aliphatic heterocycles. The lowest BCUT2D eigenvalue weighted by Crippen LogP contribution is -2.63. The number of hydrogen-bond donors (Lipinski definition) is 2. The Bertz CT molecular complexity index is 1590. The number of aromatic nitrogens is 3. The van der Waals surface area contributed by atoms with Crippen LogP contribution in [0.15, 0.2) is 24.4 Å². The molecule has 0 saturated carbocycles. The van der Waals surface area contributed by atoms with E-state index in [1.54, 1.807) is 6.20 Å². The minimum atomic E-state index is -0.438. The summed E-state index contributed by atoms with van der Waals surface area (Å²) < 4.78 is 23.2. The first-order valence-electron chi connectivity index (χ1n) is 13.1. The maximum atomic E-state index is 16.7. The van der Waals surface area contributed by atoms with E-state index in [9.17, 15) is 0 Å². The second kappa shape index (κ2) is 8.69. The third-order valence-electron chi connectivity index (χ3n) is 8.08. The van der Waals surface area contributed by atoms with Crippen molar-refractivity contribution in [3.05, 3.63) is 40.8 Å². The van der Waals surface area contributed by atoms with Gasteiger partial charge in [0.25, 0.3) is 0 Å². The Morgan fingerprint density at radius 2 is 2.03 bits per heavy atom. The molecule has 0 aliphatic carbocycles. The molecule has 10 heteroatoms. The number of piperazine rings is 1. The van der Waals surface area contributed by atoms with Gasteiger partial charge in [-0.15, -0.1) is 0 Å². The largest absolute Gasteiger partial charge is 0.470 e. The number of H-pyrrole nitrogens is 1. The maximum absolute atomic E-state index is 16.7. The number of nitrogens with one attached hydrogen (secondary N) is 2. The number of aromatic amines is 1. The van der Waals surface area contributed by atoms with E-state index >= 15 is 4.39 Å². The number of hydrogen-bond acceptors (Lipinski definition) is 7. The van der Waals surface area contributed by atoms with Crippen LogP contribution < -0.4 is 19.9 Å². The molecule has 0 unspecified atom stereocenters. The van der Waals surface area contributed by atoms with Gasteiger partial charge in [-0.1, -0.05) is 23.7 Å². The molecule has 38 heavy (non-hydrogen) atoms. The summed E-state index contributed by atoms with van der Waals surface area (Å²) in [6, 6.07) is 6.41. The van der Waals surface area contributed by atoms with Crippen LogP contribution in [0.3, 0.4) is 0 Å². The van der Waals surface area contributed by atoms with Gasteiger partial charge in [-0.25, -0.2) is 9.37 Å². The van der Waals surface area contributed by atoms with Gasteiger partial charge >= 0.3 is 0 Å². The summed E-state index contributed by atoms with van der Waals surface area (Å²) in [4.78, 5) is 11.8. The second-order valence-corrected chi connectivity index (χ2v) is 11.6.